The Kier molecular flexibility index (Phi) is 9.68. The first-order valence-electron chi connectivity index (χ1n) is 10.8. The molecule has 0 aliphatic rings. The van der Waals surface area contributed by atoms with E-state index in [1.807, 2.05) is 4.57 Å². The summed E-state index contributed by atoms with van der Waals surface area (Å²) in [6, 6.07) is 6.26. The van der Waals surface area contributed by atoms with Crippen LogP contribution in [0.2, 0.25) is 0 Å². The summed E-state index contributed by atoms with van der Waals surface area (Å²) in [5.41, 5.74) is 9.91. The van der Waals surface area contributed by atoms with Crippen molar-refractivity contribution in [1.29, 1.82) is 0 Å². The number of hydrogen-bond donors (Lipinski definition) is 3. The molecule has 0 saturated heterocycles. The molecule has 1 heterocycles. The van der Waals surface area contributed by atoms with Crippen molar-refractivity contribution in [2.24, 2.45) is 5.73 Å². The Morgan fingerprint density at radius 2 is 1.97 bits per heavy atom. The van der Waals surface area contributed by atoms with Gasteiger partial charge >= 0.3 is 6.09 Å². The Hall–Kier alpha value is -3.11. The number of nitrogens with two attached hydrogens (primary N) is 1. The van der Waals surface area contributed by atoms with Gasteiger partial charge < -0.3 is 20.4 Å². The Bertz CT molecular complexity index is 1090. The van der Waals surface area contributed by atoms with Gasteiger partial charge in [0.05, 0.1) is 29.2 Å². The summed E-state index contributed by atoms with van der Waals surface area (Å²) in [5.74, 6) is 0. The van der Waals surface area contributed by atoms with Crippen molar-refractivity contribution in [3.63, 3.8) is 0 Å². The summed E-state index contributed by atoms with van der Waals surface area (Å²) in [7, 11) is -2.12. The second-order valence-electron chi connectivity index (χ2n) is 7.59. The number of unbranched alkanes of at least 4 members (excludes halogenated alkanes) is 1. The van der Waals surface area contributed by atoms with E-state index in [-0.39, 0.29) is 18.0 Å². The van der Waals surface area contributed by atoms with E-state index in [0.717, 1.165) is 30.6 Å². The predicted molar refractivity (Wildman–Crippen MR) is 129 cm³/mol. The van der Waals surface area contributed by atoms with Gasteiger partial charge in [-0.2, -0.15) is 0 Å². The number of aromatic nitrogens is 2. The van der Waals surface area contributed by atoms with Gasteiger partial charge in [0.15, 0.2) is 0 Å². The molecule has 10 heteroatoms. The molecule has 2 rings (SSSR count). The van der Waals surface area contributed by atoms with E-state index in [1.165, 1.54) is 24.8 Å². The Balaban J connectivity index is 1.76. The smallest absolute Gasteiger partial charge is 0.407 e. The van der Waals surface area contributed by atoms with E-state index in [2.05, 4.69) is 41.5 Å². The van der Waals surface area contributed by atoms with Crippen LogP contribution in [0.4, 0.5) is 4.79 Å². The van der Waals surface area contributed by atoms with Crippen LogP contribution in [-0.4, -0.2) is 37.7 Å². The van der Waals surface area contributed by atoms with E-state index in [1.54, 1.807) is 18.5 Å². The van der Waals surface area contributed by atoms with Crippen molar-refractivity contribution in [3.8, 4) is 0 Å². The maximum absolute atomic E-state index is 11.9. The van der Waals surface area contributed by atoms with E-state index in [4.69, 9.17) is 10.5 Å². The van der Waals surface area contributed by atoms with Crippen LogP contribution in [0.5, 0.6) is 0 Å². The summed E-state index contributed by atoms with van der Waals surface area (Å²) in [6.45, 7) is 9.20. The van der Waals surface area contributed by atoms with Gasteiger partial charge in [-0.25, -0.2) is 22.9 Å². The summed E-state index contributed by atoms with van der Waals surface area (Å²) >= 11 is 0. The molecule has 1 amide bonds. The summed E-state index contributed by atoms with van der Waals surface area (Å²) in [6.07, 6.45) is 5.73. The zero-order chi connectivity index (χ0) is 24.4. The highest BCUT2D eigenvalue weighted by atomic mass is 32.2. The standard InChI is InChI=1S/C23H33N5O4S/c1-5-17(2)14-21-22(18(3)24)27-16-28(21)12-6-7-13-32-23(29)26-15-19-8-10-20(11-9-19)33(30,31)25-4/h8-11,14,16,25H,3,5-7,12-13,15,24H2,1-2,4H3,(H,26,29)/b17-14+. The van der Waals surface area contributed by atoms with Crippen molar-refractivity contribution in [3.05, 3.63) is 59.7 Å². The number of benzene rings is 1. The number of alkyl carbamates (subject to hydrolysis) is 1. The molecule has 0 saturated carbocycles. The molecule has 0 radical (unpaired) electrons. The minimum absolute atomic E-state index is 0.167. The third-order valence-electron chi connectivity index (χ3n) is 5.09. The molecule has 180 valence electrons. The van der Waals surface area contributed by atoms with Crippen LogP contribution < -0.4 is 15.8 Å². The number of carbonyl (C=O) groups excluding carboxylic acids is 1. The Morgan fingerprint density at radius 1 is 1.27 bits per heavy atom. The number of aryl methyl sites for hydroxylation is 1. The van der Waals surface area contributed by atoms with Crippen molar-refractivity contribution < 1.29 is 17.9 Å². The second-order valence-corrected chi connectivity index (χ2v) is 9.48. The van der Waals surface area contributed by atoms with Crippen LogP contribution in [0, 0.1) is 0 Å². The molecule has 0 fully saturated rings. The maximum atomic E-state index is 11.9. The van der Waals surface area contributed by atoms with Crippen molar-refractivity contribution >= 4 is 27.9 Å². The molecule has 2 aromatic rings. The zero-order valence-corrected chi connectivity index (χ0v) is 20.2. The highest BCUT2D eigenvalue weighted by molar-refractivity contribution is 7.89. The number of imidazole rings is 1. The largest absolute Gasteiger partial charge is 0.450 e. The minimum atomic E-state index is -3.48. The molecule has 0 aliphatic heterocycles. The number of amides is 1. The molecule has 0 atom stereocenters. The molecular weight excluding hydrogens is 442 g/mol. The number of nitrogens with one attached hydrogen (secondary N) is 2. The summed E-state index contributed by atoms with van der Waals surface area (Å²) in [5, 5.41) is 2.66. The van der Waals surface area contributed by atoms with Crippen LogP contribution >= 0.6 is 0 Å². The van der Waals surface area contributed by atoms with Crippen LogP contribution in [0.15, 0.2) is 47.6 Å². The third-order valence-corrected chi connectivity index (χ3v) is 6.52. The topological polar surface area (TPSA) is 128 Å². The van der Waals surface area contributed by atoms with E-state index in [9.17, 15) is 13.2 Å². The Morgan fingerprint density at radius 3 is 2.58 bits per heavy atom. The van der Waals surface area contributed by atoms with E-state index < -0.39 is 16.1 Å². The molecule has 1 aromatic carbocycles. The van der Waals surface area contributed by atoms with Crippen LogP contribution in [0.25, 0.3) is 11.8 Å². The maximum Gasteiger partial charge on any atom is 0.407 e. The van der Waals surface area contributed by atoms with Crippen LogP contribution in [0.1, 0.15) is 50.1 Å². The van der Waals surface area contributed by atoms with Gasteiger partial charge in [-0.05, 0) is 57.0 Å². The van der Waals surface area contributed by atoms with Crippen LogP contribution in [-0.2, 0) is 27.8 Å². The van der Waals surface area contributed by atoms with Gasteiger partial charge in [0.1, 0.15) is 5.69 Å². The fraction of sp³-hybridized carbons (Fsp3) is 0.391. The molecule has 1 aromatic heterocycles. The van der Waals surface area contributed by atoms with Crippen molar-refractivity contribution in [2.45, 2.75) is 51.1 Å². The first-order chi connectivity index (χ1) is 15.7. The SMILES string of the molecule is C=C(N)c1ncn(CCCCOC(=O)NCc2ccc(S(=O)(=O)NC)cc2)c1/C=C(\C)CC. The molecule has 0 spiro atoms. The lowest BCUT2D eigenvalue weighted by atomic mass is 10.1. The third kappa shape index (κ3) is 7.76. The lowest BCUT2D eigenvalue weighted by molar-refractivity contribution is 0.143. The molecule has 0 aliphatic carbocycles. The number of hydrogen-bond acceptors (Lipinski definition) is 6. The number of rotatable bonds is 12. The molecule has 9 nitrogen and oxygen atoms in total. The quantitative estimate of drug-likeness (QED) is 0.404. The lowest BCUT2D eigenvalue weighted by Gasteiger charge is -2.10. The molecule has 0 bridgehead atoms. The molecule has 4 N–H and O–H groups in total. The van der Waals surface area contributed by atoms with Gasteiger partial charge in [-0.15, -0.1) is 0 Å². The summed E-state index contributed by atoms with van der Waals surface area (Å²) in [4.78, 5) is 16.5. The number of allylic oxidation sites excluding steroid dienone is 1. The highest BCUT2D eigenvalue weighted by Gasteiger charge is 2.12. The van der Waals surface area contributed by atoms with Gasteiger partial charge in [0, 0.05) is 13.1 Å². The fourth-order valence-corrected chi connectivity index (χ4v) is 3.71. The number of sulfonamides is 1. The first-order valence-corrected chi connectivity index (χ1v) is 12.3. The lowest BCUT2D eigenvalue weighted by Crippen LogP contribution is -2.24. The monoisotopic (exact) mass is 475 g/mol. The molecule has 0 unspecified atom stereocenters. The van der Waals surface area contributed by atoms with Gasteiger partial charge in [0.2, 0.25) is 10.0 Å². The van der Waals surface area contributed by atoms with Crippen molar-refractivity contribution in [2.75, 3.05) is 13.7 Å². The fourth-order valence-electron chi connectivity index (χ4n) is 2.98. The van der Waals surface area contributed by atoms with E-state index in [0.29, 0.717) is 17.8 Å². The number of carbonyl (C=O) groups is 1. The first kappa shape index (κ1) is 26.1. The van der Waals surface area contributed by atoms with Gasteiger partial charge in [0.25, 0.3) is 0 Å². The van der Waals surface area contributed by atoms with Crippen LogP contribution in [0.3, 0.4) is 0 Å². The van der Waals surface area contributed by atoms with Gasteiger partial charge in [-0.3, -0.25) is 0 Å². The van der Waals surface area contributed by atoms with E-state index >= 15 is 0 Å². The van der Waals surface area contributed by atoms with Crippen molar-refractivity contribution in [1.82, 2.24) is 19.6 Å². The number of ether oxygens (including phenoxy) is 1. The minimum Gasteiger partial charge on any atom is -0.450 e. The normalized spacial score (nSPS) is 11.9. The second kappa shape index (κ2) is 12.2. The molecule has 33 heavy (non-hydrogen) atoms. The summed E-state index contributed by atoms with van der Waals surface area (Å²) < 4.78 is 33.0. The Labute approximate surface area is 195 Å². The highest BCUT2D eigenvalue weighted by Crippen LogP contribution is 2.18. The molecular formula is C23H33N5O4S. The average Bonchev–Trinajstić information content (AvgIpc) is 3.20. The zero-order valence-electron chi connectivity index (χ0n) is 19.4. The average molecular weight is 476 g/mol. The van der Waals surface area contributed by atoms with Gasteiger partial charge in [-0.1, -0.05) is 31.2 Å². The number of nitrogens with zero attached hydrogens (tertiary/aromatic N) is 2. The predicted octanol–water partition coefficient (Wildman–Crippen LogP) is 3.24.